The van der Waals surface area contributed by atoms with Gasteiger partial charge in [0.15, 0.2) is 0 Å². The molecule has 1 aliphatic rings. The second kappa shape index (κ2) is 16.9. The fourth-order valence-corrected chi connectivity index (χ4v) is 10.0. The Morgan fingerprint density at radius 3 is 1.36 bits per heavy atom. The molecule has 12 rings (SSSR count). The van der Waals surface area contributed by atoms with Crippen molar-refractivity contribution in [2.24, 2.45) is 0 Å². The number of rotatable bonds is 9. The van der Waals surface area contributed by atoms with Gasteiger partial charge in [0.25, 0.3) is 0 Å². The van der Waals surface area contributed by atoms with Gasteiger partial charge in [-0.25, -0.2) is 0 Å². The van der Waals surface area contributed by atoms with Crippen LogP contribution >= 0.6 is 0 Å². The molecular weight excluding hydrogens is 797 g/mol. The third-order valence-electron chi connectivity index (χ3n) is 13.3. The average Bonchev–Trinajstić information content (AvgIpc) is 3.73. The van der Waals surface area contributed by atoms with E-state index < -0.39 is 0 Å². The van der Waals surface area contributed by atoms with Crippen molar-refractivity contribution in [2.75, 3.05) is 4.90 Å². The zero-order chi connectivity index (χ0) is 43.8. The van der Waals surface area contributed by atoms with Crippen LogP contribution in [-0.4, -0.2) is 4.57 Å². The summed E-state index contributed by atoms with van der Waals surface area (Å²) in [5.74, 6) is 0. The number of allylic oxidation sites excluding steroid dienone is 1. The van der Waals surface area contributed by atoms with Gasteiger partial charge in [0, 0.05) is 39.4 Å². The molecule has 1 aromatic heterocycles. The zero-order valence-electron chi connectivity index (χ0n) is 36.6. The van der Waals surface area contributed by atoms with Crippen molar-refractivity contribution >= 4 is 44.8 Å². The van der Waals surface area contributed by atoms with E-state index >= 15 is 0 Å². The maximum Gasteiger partial charge on any atom is 0.0550 e. The first-order valence-corrected chi connectivity index (χ1v) is 23.0. The first kappa shape index (κ1) is 39.2. The third kappa shape index (κ3) is 7.19. The van der Waals surface area contributed by atoms with Crippen molar-refractivity contribution in [3.63, 3.8) is 0 Å². The van der Waals surface area contributed by atoms with Crippen LogP contribution in [0.5, 0.6) is 0 Å². The fraction of sp³-hybridized carbons (Fsp3) is 0.0312. The van der Waals surface area contributed by atoms with Crippen molar-refractivity contribution in [3.05, 3.63) is 260 Å². The van der Waals surface area contributed by atoms with E-state index in [0.29, 0.717) is 0 Å². The standard InChI is InChI=1S/C64H46N2/c1-4-15-45(16-5-1)47-27-31-49(32-28-47)51-35-39-56(40-36-51)65(57-41-37-52(38-42-57)50-33-29-48(30-34-50)46-17-6-2-7-18-46)58-23-14-20-54(43-58)63-59-24-11-10-19-53(59)44-62-64(63)60-25-12-13-26-61(60)66(62)55-21-8-3-9-22-55/h1-12,14-25,27-44H,13,26H2. The molecule has 1 heterocycles. The summed E-state index contributed by atoms with van der Waals surface area (Å²) in [5.41, 5.74) is 20.5. The lowest BCUT2D eigenvalue weighted by Gasteiger charge is -2.27. The Morgan fingerprint density at radius 1 is 0.364 bits per heavy atom. The molecule has 0 atom stereocenters. The number of aromatic nitrogens is 1. The van der Waals surface area contributed by atoms with E-state index in [-0.39, 0.29) is 0 Å². The summed E-state index contributed by atoms with van der Waals surface area (Å²) in [6, 6.07) is 88.4. The predicted octanol–water partition coefficient (Wildman–Crippen LogP) is 17.5. The van der Waals surface area contributed by atoms with E-state index in [4.69, 9.17) is 0 Å². The van der Waals surface area contributed by atoms with Crippen LogP contribution in [0.2, 0.25) is 0 Å². The van der Waals surface area contributed by atoms with Crippen molar-refractivity contribution in [3.8, 4) is 61.3 Å². The van der Waals surface area contributed by atoms with Gasteiger partial charge in [-0.15, -0.1) is 0 Å². The normalized spacial score (nSPS) is 12.1. The molecule has 10 aromatic carbocycles. The molecule has 0 fully saturated rings. The van der Waals surface area contributed by atoms with Crippen LogP contribution in [0.15, 0.2) is 249 Å². The topological polar surface area (TPSA) is 8.17 Å². The van der Waals surface area contributed by atoms with E-state index in [2.05, 4.69) is 264 Å². The molecule has 0 radical (unpaired) electrons. The minimum atomic E-state index is 0.999. The smallest absolute Gasteiger partial charge is 0.0550 e. The summed E-state index contributed by atoms with van der Waals surface area (Å²) in [6.07, 6.45) is 6.74. The Balaban J connectivity index is 0.981. The van der Waals surface area contributed by atoms with Crippen LogP contribution in [-0.2, 0) is 6.42 Å². The number of hydrogen-bond donors (Lipinski definition) is 0. The van der Waals surface area contributed by atoms with Gasteiger partial charge in [0.05, 0.1) is 5.52 Å². The van der Waals surface area contributed by atoms with Gasteiger partial charge >= 0.3 is 0 Å². The predicted molar refractivity (Wildman–Crippen MR) is 280 cm³/mol. The Labute approximate surface area is 386 Å². The van der Waals surface area contributed by atoms with Gasteiger partial charge in [0.1, 0.15) is 0 Å². The van der Waals surface area contributed by atoms with Crippen LogP contribution in [0, 0.1) is 0 Å². The van der Waals surface area contributed by atoms with E-state index in [1.165, 1.54) is 94.3 Å². The number of benzene rings is 10. The SMILES string of the molecule is C1=Cc2c(n(-c3ccccc3)c3cc4ccccc4c(-c4cccc(N(c5ccc(-c6ccc(-c7ccccc7)cc6)cc5)c5ccc(-c6ccc(-c7ccccc7)cc6)cc5)c4)c23)CC1. The van der Waals surface area contributed by atoms with Crippen LogP contribution in [0.4, 0.5) is 17.1 Å². The van der Waals surface area contributed by atoms with Crippen molar-refractivity contribution < 1.29 is 0 Å². The molecule has 11 aromatic rings. The summed E-state index contributed by atoms with van der Waals surface area (Å²) in [7, 11) is 0. The highest BCUT2D eigenvalue weighted by Gasteiger charge is 2.24. The molecule has 0 saturated heterocycles. The Kier molecular flexibility index (Phi) is 10.0. The first-order valence-electron chi connectivity index (χ1n) is 23.0. The van der Waals surface area contributed by atoms with Gasteiger partial charge < -0.3 is 9.47 Å². The lowest BCUT2D eigenvalue weighted by Crippen LogP contribution is -2.10. The summed E-state index contributed by atoms with van der Waals surface area (Å²) in [6.45, 7) is 0. The lowest BCUT2D eigenvalue weighted by molar-refractivity contribution is 0.889. The van der Waals surface area contributed by atoms with Crippen LogP contribution in [0.25, 0.3) is 89.1 Å². The molecule has 66 heavy (non-hydrogen) atoms. The molecular formula is C64H46N2. The fourth-order valence-electron chi connectivity index (χ4n) is 10.0. The highest BCUT2D eigenvalue weighted by molar-refractivity contribution is 6.16. The largest absolute Gasteiger partial charge is 0.313 e. The van der Waals surface area contributed by atoms with E-state index in [1.807, 2.05) is 0 Å². The number of anilines is 3. The van der Waals surface area contributed by atoms with Crippen LogP contribution in [0.1, 0.15) is 17.7 Å². The molecule has 0 saturated carbocycles. The molecule has 1 aliphatic carbocycles. The number of fused-ring (bicyclic) bond motifs is 4. The zero-order valence-corrected chi connectivity index (χ0v) is 36.6. The quantitative estimate of drug-likeness (QED) is 0.141. The van der Waals surface area contributed by atoms with E-state index in [9.17, 15) is 0 Å². The first-order chi connectivity index (χ1) is 32.7. The second-order valence-electron chi connectivity index (χ2n) is 17.2. The van der Waals surface area contributed by atoms with Gasteiger partial charge in [-0.3, -0.25) is 0 Å². The maximum atomic E-state index is 2.51. The summed E-state index contributed by atoms with van der Waals surface area (Å²) in [4.78, 5) is 2.40. The van der Waals surface area contributed by atoms with Crippen molar-refractivity contribution in [2.45, 2.75) is 12.8 Å². The molecule has 2 heteroatoms. The molecule has 0 bridgehead atoms. The maximum absolute atomic E-state index is 2.51. The third-order valence-corrected chi connectivity index (χ3v) is 13.3. The van der Waals surface area contributed by atoms with Gasteiger partial charge in [0.2, 0.25) is 0 Å². The van der Waals surface area contributed by atoms with Gasteiger partial charge in [-0.05, 0) is 134 Å². The molecule has 0 unspecified atom stereocenters. The van der Waals surface area contributed by atoms with Crippen LogP contribution < -0.4 is 4.90 Å². The number of para-hydroxylation sites is 1. The Morgan fingerprint density at radius 2 is 0.818 bits per heavy atom. The summed E-state index contributed by atoms with van der Waals surface area (Å²) in [5, 5.41) is 3.79. The minimum absolute atomic E-state index is 0.999. The monoisotopic (exact) mass is 842 g/mol. The van der Waals surface area contributed by atoms with E-state index in [0.717, 1.165) is 29.9 Å². The lowest BCUT2D eigenvalue weighted by atomic mass is 9.91. The highest BCUT2D eigenvalue weighted by Crippen LogP contribution is 2.46. The number of hydrogen-bond acceptors (Lipinski definition) is 1. The van der Waals surface area contributed by atoms with E-state index in [1.54, 1.807) is 0 Å². The average molecular weight is 843 g/mol. The minimum Gasteiger partial charge on any atom is -0.313 e. The second-order valence-corrected chi connectivity index (χ2v) is 17.2. The molecule has 0 N–H and O–H groups in total. The van der Waals surface area contributed by atoms with Gasteiger partial charge in [-0.2, -0.15) is 0 Å². The highest BCUT2D eigenvalue weighted by atomic mass is 15.1. The van der Waals surface area contributed by atoms with Crippen molar-refractivity contribution in [1.82, 2.24) is 4.57 Å². The molecule has 0 amide bonds. The molecule has 0 spiro atoms. The summed E-state index contributed by atoms with van der Waals surface area (Å²) >= 11 is 0. The number of nitrogens with zero attached hydrogens (tertiary/aromatic N) is 2. The molecule has 312 valence electrons. The molecule has 0 aliphatic heterocycles. The van der Waals surface area contributed by atoms with Crippen molar-refractivity contribution in [1.29, 1.82) is 0 Å². The Bertz CT molecular complexity index is 3390. The van der Waals surface area contributed by atoms with Gasteiger partial charge in [-0.1, -0.05) is 200 Å². The molecule has 2 nitrogen and oxygen atoms in total. The summed E-state index contributed by atoms with van der Waals surface area (Å²) < 4.78 is 2.51. The Hall–Kier alpha value is -8.46. The van der Waals surface area contributed by atoms with Crippen LogP contribution in [0.3, 0.4) is 0 Å².